The standard InChI is InChI=1S/C8H20NO4/c1-9(2,3-7(12)5-10)4-8(13)6-11/h7-8,10-13H,3-6H2,1-2H3/q+1. The van der Waals surface area contributed by atoms with E-state index >= 15 is 0 Å². The van der Waals surface area contributed by atoms with Gasteiger partial charge in [-0.25, -0.2) is 0 Å². The number of quaternary nitrogens is 1. The molecular formula is C8H20NO4+. The third-order valence-electron chi connectivity index (χ3n) is 1.83. The van der Waals surface area contributed by atoms with Crippen molar-refractivity contribution in [1.29, 1.82) is 0 Å². The molecule has 0 amide bonds. The maximum atomic E-state index is 9.17. The van der Waals surface area contributed by atoms with Gasteiger partial charge in [-0.15, -0.1) is 0 Å². The van der Waals surface area contributed by atoms with E-state index < -0.39 is 12.2 Å². The van der Waals surface area contributed by atoms with Crippen molar-refractivity contribution in [2.75, 3.05) is 40.4 Å². The molecule has 0 spiro atoms. The normalized spacial score (nSPS) is 17.1. The van der Waals surface area contributed by atoms with Crippen LogP contribution in [0.1, 0.15) is 0 Å². The van der Waals surface area contributed by atoms with E-state index in [0.29, 0.717) is 17.6 Å². The maximum Gasteiger partial charge on any atom is 0.126 e. The van der Waals surface area contributed by atoms with Crippen molar-refractivity contribution < 1.29 is 24.9 Å². The molecule has 0 saturated heterocycles. The van der Waals surface area contributed by atoms with E-state index in [2.05, 4.69) is 0 Å². The molecule has 0 radical (unpaired) electrons. The van der Waals surface area contributed by atoms with Crippen molar-refractivity contribution in [3.8, 4) is 0 Å². The lowest BCUT2D eigenvalue weighted by Crippen LogP contribution is -2.51. The van der Waals surface area contributed by atoms with Gasteiger partial charge in [0.2, 0.25) is 0 Å². The Balaban J connectivity index is 3.92. The predicted molar refractivity (Wildman–Crippen MR) is 48.0 cm³/mol. The number of aliphatic hydroxyl groups excluding tert-OH is 4. The van der Waals surface area contributed by atoms with E-state index in [0.717, 1.165) is 0 Å². The van der Waals surface area contributed by atoms with E-state index in [9.17, 15) is 0 Å². The van der Waals surface area contributed by atoms with Gasteiger partial charge in [0.15, 0.2) is 0 Å². The highest BCUT2D eigenvalue weighted by Crippen LogP contribution is 2.01. The summed E-state index contributed by atoms with van der Waals surface area (Å²) in [5, 5.41) is 35.6. The lowest BCUT2D eigenvalue weighted by Gasteiger charge is -2.32. The Labute approximate surface area is 78.4 Å². The van der Waals surface area contributed by atoms with Crippen LogP contribution < -0.4 is 0 Å². The van der Waals surface area contributed by atoms with Crippen molar-refractivity contribution in [2.24, 2.45) is 0 Å². The number of rotatable bonds is 6. The minimum atomic E-state index is -0.777. The molecule has 0 aliphatic rings. The molecule has 5 heteroatoms. The Kier molecular flexibility index (Phi) is 5.43. The van der Waals surface area contributed by atoms with E-state index in [4.69, 9.17) is 20.4 Å². The van der Waals surface area contributed by atoms with Gasteiger partial charge < -0.3 is 24.9 Å². The summed E-state index contributed by atoms with van der Waals surface area (Å²) >= 11 is 0. The molecule has 13 heavy (non-hydrogen) atoms. The third kappa shape index (κ3) is 5.95. The molecule has 0 aliphatic heterocycles. The topological polar surface area (TPSA) is 80.9 Å². The lowest BCUT2D eigenvalue weighted by atomic mass is 10.2. The third-order valence-corrected chi connectivity index (χ3v) is 1.83. The fraction of sp³-hybridized carbons (Fsp3) is 1.00. The van der Waals surface area contributed by atoms with Crippen LogP contribution in [0.2, 0.25) is 0 Å². The molecule has 80 valence electrons. The van der Waals surface area contributed by atoms with E-state index in [1.807, 2.05) is 14.1 Å². The molecule has 5 nitrogen and oxygen atoms in total. The highest BCUT2D eigenvalue weighted by molar-refractivity contribution is 4.54. The summed E-state index contributed by atoms with van der Waals surface area (Å²) in [5.74, 6) is 0. The number of likely N-dealkylation sites (N-methyl/N-ethyl adjacent to an activating group) is 1. The molecule has 0 heterocycles. The fourth-order valence-corrected chi connectivity index (χ4v) is 1.33. The smallest absolute Gasteiger partial charge is 0.126 e. The van der Waals surface area contributed by atoms with Crippen LogP contribution in [-0.2, 0) is 0 Å². The van der Waals surface area contributed by atoms with Crippen molar-refractivity contribution >= 4 is 0 Å². The van der Waals surface area contributed by atoms with E-state index in [1.54, 1.807) is 0 Å². The van der Waals surface area contributed by atoms with Crippen LogP contribution in [0.25, 0.3) is 0 Å². The quantitative estimate of drug-likeness (QED) is 0.361. The van der Waals surface area contributed by atoms with Gasteiger partial charge in [0.25, 0.3) is 0 Å². The Morgan fingerprint density at radius 2 is 1.23 bits per heavy atom. The Hall–Kier alpha value is -0.200. The number of nitrogens with zero attached hydrogens (tertiary/aromatic N) is 1. The Morgan fingerprint density at radius 1 is 0.923 bits per heavy atom. The molecule has 0 saturated carbocycles. The average molecular weight is 194 g/mol. The molecule has 0 aromatic carbocycles. The number of hydrogen-bond donors (Lipinski definition) is 4. The molecule has 0 aromatic heterocycles. The number of aliphatic hydroxyl groups is 4. The molecule has 2 unspecified atom stereocenters. The minimum absolute atomic E-state index is 0.281. The Bertz CT molecular complexity index is 126. The number of hydrogen-bond acceptors (Lipinski definition) is 4. The van der Waals surface area contributed by atoms with Gasteiger partial charge in [-0.2, -0.15) is 0 Å². The lowest BCUT2D eigenvalue weighted by molar-refractivity contribution is -0.896. The summed E-state index contributed by atoms with van der Waals surface area (Å²) in [5.41, 5.74) is 0. The van der Waals surface area contributed by atoms with Crippen LogP contribution in [0.4, 0.5) is 0 Å². The zero-order valence-corrected chi connectivity index (χ0v) is 8.22. The second-order valence-electron chi connectivity index (χ2n) is 3.97. The predicted octanol–water partition coefficient (Wildman–Crippen LogP) is -2.23. The first-order valence-electron chi connectivity index (χ1n) is 4.31. The van der Waals surface area contributed by atoms with Crippen LogP contribution in [0.15, 0.2) is 0 Å². The molecule has 2 atom stereocenters. The van der Waals surface area contributed by atoms with Crippen LogP contribution in [0, 0.1) is 0 Å². The minimum Gasteiger partial charge on any atom is -0.393 e. The molecule has 0 aliphatic carbocycles. The van der Waals surface area contributed by atoms with Gasteiger partial charge in [0.1, 0.15) is 25.3 Å². The van der Waals surface area contributed by atoms with Gasteiger partial charge in [0.05, 0.1) is 27.3 Å². The Morgan fingerprint density at radius 3 is 1.46 bits per heavy atom. The largest absolute Gasteiger partial charge is 0.393 e. The van der Waals surface area contributed by atoms with Gasteiger partial charge >= 0.3 is 0 Å². The van der Waals surface area contributed by atoms with Gasteiger partial charge in [-0.05, 0) is 0 Å². The van der Waals surface area contributed by atoms with Gasteiger partial charge in [-0.3, -0.25) is 0 Å². The monoisotopic (exact) mass is 194 g/mol. The van der Waals surface area contributed by atoms with E-state index in [-0.39, 0.29) is 13.2 Å². The maximum absolute atomic E-state index is 9.17. The fourth-order valence-electron chi connectivity index (χ4n) is 1.33. The summed E-state index contributed by atoms with van der Waals surface area (Å²) in [7, 11) is 3.63. The van der Waals surface area contributed by atoms with Gasteiger partial charge in [-0.1, -0.05) is 0 Å². The molecule has 0 aromatic rings. The molecule has 0 bridgehead atoms. The summed E-state index contributed by atoms with van der Waals surface area (Å²) in [6.07, 6.45) is -1.55. The van der Waals surface area contributed by atoms with Crippen molar-refractivity contribution in [1.82, 2.24) is 0 Å². The zero-order valence-electron chi connectivity index (χ0n) is 8.22. The van der Waals surface area contributed by atoms with Crippen LogP contribution in [0.3, 0.4) is 0 Å². The average Bonchev–Trinajstić information content (AvgIpc) is 2.02. The second-order valence-corrected chi connectivity index (χ2v) is 3.97. The summed E-state index contributed by atoms with van der Waals surface area (Å²) in [6.45, 7) is 0.148. The van der Waals surface area contributed by atoms with Crippen molar-refractivity contribution in [3.63, 3.8) is 0 Å². The van der Waals surface area contributed by atoms with Crippen LogP contribution in [0.5, 0.6) is 0 Å². The zero-order chi connectivity index (χ0) is 10.5. The summed E-state index contributed by atoms with van der Waals surface area (Å²) in [4.78, 5) is 0. The first-order valence-corrected chi connectivity index (χ1v) is 4.31. The van der Waals surface area contributed by atoms with Crippen LogP contribution >= 0.6 is 0 Å². The first-order chi connectivity index (χ1) is 5.91. The first kappa shape index (κ1) is 12.8. The molecular weight excluding hydrogens is 174 g/mol. The molecule has 4 N–H and O–H groups in total. The summed E-state index contributed by atoms with van der Waals surface area (Å²) in [6, 6.07) is 0. The summed E-state index contributed by atoms with van der Waals surface area (Å²) < 4.78 is 0.365. The van der Waals surface area contributed by atoms with Crippen molar-refractivity contribution in [3.05, 3.63) is 0 Å². The van der Waals surface area contributed by atoms with Crippen molar-refractivity contribution in [2.45, 2.75) is 12.2 Å². The SMILES string of the molecule is C[N+](C)(CC(O)CO)CC(O)CO. The molecule has 0 rings (SSSR count). The highest BCUT2D eigenvalue weighted by Gasteiger charge is 2.23. The van der Waals surface area contributed by atoms with E-state index in [1.165, 1.54) is 0 Å². The highest BCUT2D eigenvalue weighted by atomic mass is 16.3. The molecule has 0 fully saturated rings. The van der Waals surface area contributed by atoms with Crippen LogP contribution in [-0.4, -0.2) is 77.5 Å². The van der Waals surface area contributed by atoms with Gasteiger partial charge in [0, 0.05) is 0 Å². The second kappa shape index (κ2) is 5.51.